The molecule has 1 N–H and O–H groups in total. The minimum absolute atomic E-state index is 0.0893. The number of carbonyl (C=O) groups is 1. The lowest BCUT2D eigenvalue weighted by Crippen LogP contribution is -2.55. The van der Waals surface area contributed by atoms with E-state index in [1.807, 2.05) is 6.92 Å². The third-order valence-corrected chi connectivity index (χ3v) is 6.41. The maximum absolute atomic E-state index is 12.1. The van der Waals surface area contributed by atoms with E-state index in [2.05, 4.69) is 6.92 Å². The van der Waals surface area contributed by atoms with Gasteiger partial charge in [0.1, 0.15) is 0 Å². The van der Waals surface area contributed by atoms with Crippen molar-refractivity contribution in [2.75, 3.05) is 0 Å². The van der Waals surface area contributed by atoms with E-state index in [4.69, 9.17) is 14.2 Å². The van der Waals surface area contributed by atoms with Crippen LogP contribution in [0.1, 0.15) is 26.7 Å². The van der Waals surface area contributed by atoms with Gasteiger partial charge in [0.05, 0.1) is 35.2 Å². The number of fused-ring (bicyclic) bond motifs is 12. The van der Waals surface area contributed by atoms with E-state index in [0.717, 1.165) is 12.8 Å². The van der Waals surface area contributed by atoms with E-state index in [0.29, 0.717) is 5.92 Å². The van der Waals surface area contributed by atoms with Crippen LogP contribution in [0, 0.1) is 23.7 Å². The van der Waals surface area contributed by atoms with Crippen LogP contribution < -0.4 is 0 Å². The van der Waals surface area contributed by atoms with Crippen molar-refractivity contribution in [3.63, 3.8) is 0 Å². The molecule has 0 aromatic rings. The predicted octanol–water partition coefficient (Wildman–Crippen LogP) is 0.449. The standard InChI is InChI=1S/C14H18O5/c1-13-4-3-5(18-13)6-9-7-8(12(16)17-11(7)15)14(2,19-9)10(6)13/h5-11,15H,3-4H2,1-2H3. The molecule has 0 saturated carbocycles. The molecule has 9 atom stereocenters. The number of cyclic esters (lactones) is 1. The lowest BCUT2D eigenvalue weighted by molar-refractivity contribution is -0.170. The number of esters is 1. The smallest absolute Gasteiger partial charge is 0.314 e. The Bertz CT molecular complexity index is 492. The van der Waals surface area contributed by atoms with E-state index < -0.39 is 11.9 Å². The van der Waals surface area contributed by atoms with Gasteiger partial charge in [-0.25, -0.2) is 0 Å². The van der Waals surface area contributed by atoms with Crippen molar-refractivity contribution in [2.45, 2.75) is 56.4 Å². The summed E-state index contributed by atoms with van der Waals surface area (Å²) in [4.78, 5) is 12.1. The highest BCUT2D eigenvalue weighted by atomic mass is 16.7. The van der Waals surface area contributed by atoms with Crippen LogP contribution in [-0.2, 0) is 19.0 Å². The molecule has 0 radical (unpaired) electrons. The van der Waals surface area contributed by atoms with Gasteiger partial charge in [0.25, 0.3) is 0 Å². The molecule has 5 aliphatic rings. The summed E-state index contributed by atoms with van der Waals surface area (Å²) in [5.74, 6) is -0.261. The topological polar surface area (TPSA) is 65.0 Å². The van der Waals surface area contributed by atoms with Crippen molar-refractivity contribution < 1.29 is 24.1 Å². The number of carbonyl (C=O) groups excluding carboxylic acids is 1. The lowest BCUT2D eigenvalue weighted by Gasteiger charge is -2.43. The lowest BCUT2D eigenvalue weighted by atomic mass is 9.56. The van der Waals surface area contributed by atoms with Gasteiger partial charge in [-0.15, -0.1) is 0 Å². The van der Waals surface area contributed by atoms with Crippen molar-refractivity contribution in [1.29, 1.82) is 0 Å². The van der Waals surface area contributed by atoms with Crippen LogP contribution in [0.3, 0.4) is 0 Å². The molecule has 5 saturated heterocycles. The van der Waals surface area contributed by atoms with Crippen LogP contribution in [0.4, 0.5) is 0 Å². The van der Waals surface area contributed by atoms with Crippen molar-refractivity contribution in [2.24, 2.45) is 23.7 Å². The Balaban J connectivity index is 1.67. The van der Waals surface area contributed by atoms with Crippen LogP contribution in [0.25, 0.3) is 0 Å². The molecule has 5 heteroatoms. The van der Waals surface area contributed by atoms with Crippen molar-refractivity contribution in [1.82, 2.24) is 0 Å². The molecule has 0 aromatic carbocycles. The quantitative estimate of drug-likeness (QED) is 0.645. The van der Waals surface area contributed by atoms with Gasteiger partial charge in [0, 0.05) is 11.8 Å². The summed E-state index contributed by atoms with van der Waals surface area (Å²) in [5, 5.41) is 10.00. The van der Waals surface area contributed by atoms with Crippen molar-refractivity contribution in [3.05, 3.63) is 0 Å². The molecule has 19 heavy (non-hydrogen) atoms. The average Bonchev–Trinajstić information content (AvgIpc) is 3.03. The van der Waals surface area contributed by atoms with Gasteiger partial charge >= 0.3 is 5.97 Å². The molecule has 5 nitrogen and oxygen atoms in total. The number of aliphatic hydroxyl groups excluding tert-OH is 1. The third kappa shape index (κ3) is 0.957. The molecular formula is C14H18O5. The molecule has 0 aromatic heterocycles. The molecular weight excluding hydrogens is 248 g/mol. The molecule has 4 bridgehead atoms. The Labute approximate surface area is 111 Å². The monoisotopic (exact) mass is 266 g/mol. The van der Waals surface area contributed by atoms with Crippen LogP contribution in [0.5, 0.6) is 0 Å². The SMILES string of the molecule is CC12CCC(O1)C1C3OC(C)(C4C(=O)OC(O)C34)C12. The van der Waals surface area contributed by atoms with Crippen LogP contribution in [0.2, 0.25) is 0 Å². The van der Waals surface area contributed by atoms with Crippen molar-refractivity contribution >= 4 is 5.97 Å². The maximum atomic E-state index is 12.1. The van der Waals surface area contributed by atoms with Crippen LogP contribution in [0.15, 0.2) is 0 Å². The van der Waals surface area contributed by atoms with Gasteiger partial charge < -0.3 is 19.3 Å². The Morgan fingerprint density at radius 2 is 2.05 bits per heavy atom. The van der Waals surface area contributed by atoms with Gasteiger partial charge in [-0.3, -0.25) is 4.79 Å². The Morgan fingerprint density at radius 3 is 2.84 bits per heavy atom. The fourth-order valence-electron chi connectivity index (χ4n) is 6.01. The highest BCUT2D eigenvalue weighted by Gasteiger charge is 2.80. The zero-order chi connectivity index (χ0) is 13.2. The zero-order valence-electron chi connectivity index (χ0n) is 11.0. The Morgan fingerprint density at radius 1 is 1.26 bits per heavy atom. The number of aliphatic hydroxyl groups is 1. The molecule has 5 rings (SSSR count). The Hall–Kier alpha value is -0.650. The minimum Gasteiger partial charge on any atom is -0.435 e. The summed E-state index contributed by atoms with van der Waals surface area (Å²) in [6.45, 7) is 4.17. The fraction of sp³-hybridized carbons (Fsp3) is 0.929. The first kappa shape index (κ1) is 11.1. The fourth-order valence-corrected chi connectivity index (χ4v) is 6.01. The normalized spacial score (nSPS) is 68.4. The second-order valence-corrected chi connectivity index (χ2v) is 7.21. The van der Waals surface area contributed by atoms with Crippen molar-refractivity contribution in [3.8, 4) is 0 Å². The number of rotatable bonds is 0. The van der Waals surface area contributed by atoms with Gasteiger partial charge in [-0.1, -0.05) is 0 Å². The molecule has 5 fully saturated rings. The molecule has 9 unspecified atom stereocenters. The summed E-state index contributed by atoms with van der Waals surface area (Å²) >= 11 is 0. The summed E-state index contributed by atoms with van der Waals surface area (Å²) in [5.41, 5.74) is -0.698. The summed E-state index contributed by atoms with van der Waals surface area (Å²) in [6.07, 6.45) is 1.24. The molecule has 5 aliphatic heterocycles. The number of ether oxygens (including phenoxy) is 3. The largest absolute Gasteiger partial charge is 0.435 e. The van der Waals surface area contributed by atoms with Crippen LogP contribution in [-0.4, -0.2) is 40.8 Å². The molecule has 5 heterocycles. The second kappa shape index (κ2) is 2.85. The maximum Gasteiger partial charge on any atom is 0.314 e. The van der Waals surface area contributed by atoms with E-state index in [-0.39, 0.29) is 41.5 Å². The first-order chi connectivity index (χ1) is 8.96. The average molecular weight is 266 g/mol. The summed E-state index contributed by atoms with van der Waals surface area (Å²) in [7, 11) is 0. The van der Waals surface area contributed by atoms with Gasteiger partial charge in [0.15, 0.2) is 0 Å². The van der Waals surface area contributed by atoms with E-state index >= 15 is 0 Å². The molecule has 0 spiro atoms. The van der Waals surface area contributed by atoms with Gasteiger partial charge in [-0.2, -0.15) is 0 Å². The minimum atomic E-state index is -1.00. The Kier molecular flexibility index (Phi) is 1.66. The van der Waals surface area contributed by atoms with Crippen LogP contribution >= 0.6 is 0 Å². The van der Waals surface area contributed by atoms with E-state index in [9.17, 15) is 9.90 Å². The van der Waals surface area contributed by atoms with Gasteiger partial charge in [0.2, 0.25) is 6.29 Å². The first-order valence-electron chi connectivity index (χ1n) is 7.20. The molecule has 0 amide bonds. The van der Waals surface area contributed by atoms with Gasteiger partial charge in [-0.05, 0) is 26.7 Å². The summed E-state index contributed by atoms with van der Waals surface area (Å²) < 4.78 is 17.5. The molecule has 104 valence electrons. The zero-order valence-corrected chi connectivity index (χ0v) is 11.0. The third-order valence-electron chi connectivity index (χ3n) is 6.41. The second-order valence-electron chi connectivity index (χ2n) is 7.21. The highest BCUT2D eigenvalue weighted by molar-refractivity contribution is 5.78. The van der Waals surface area contributed by atoms with E-state index in [1.54, 1.807) is 0 Å². The predicted molar refractivity (Wildman–Crippen MR) is 61.8 cm³/mol. The first-order valence-corrected chi connectivity index (χ1v) is 7.20. The number of hydrogen-bond acceptors (Lipinski definition) is 5. The highest BCUT2D eigenvalue weighted by Crippen LogP contribution is 2.70. The van der Waals surface area contributed by atoms with E-state index in [1.165, 1.54) is 0 Å². The summed E-state index contributed by atoms with van der Waals surface area (Å²) in [6, 6.07) is 0. The number of hydrogen-bond donors (Lipinski definition) is 1. The molecule has 0 aliphatic carbocycles.